The number of hydrogen-bond acceptors (Lipinski definition) is 5. The number of allylic oxidation sites excluding steroid dienone is 2. The number of carbonyl (C=O) groups excluding carboxylic acids is 3. The normalized spacial score (nSPS) is 11.1. The van der Waals surface area contributed by atoms with Crippen molar-refractivity contribution in [3.05, 3.63) is 89.8 Å². The molecule has 0 fully saturated rings. The van der Waals surface area contributed by atoms with Gasteiger partial charge in [0.2, 0.25) is 0 Å². The quantitative estimate of drug-likeness (QED) is 0.288. The van der Waals surface area contributed by atoms with E-state index in [1.807, 2.05) is 0 Å². The summed E-state index contributed by atoms with van der Waals surface area (Å²) in [6.07, 6.45) is -0.981. The molecule has 3 N–H and O–H groups in total. The number of rotatable bonds is 7. The molecule has 1 aromatic heterocycles. The fourth-order valence-electron chi connectivity index (χ4n) is 3.08. The van der Waals surface area contributed by atoms with Crippen LogP contribution in [0.4, 0.5) is 29.3 Å². The largest absolute Gasteiger partial charge is 0.457 e. The molecule has 0 radical (unpaired) electrons. The first-order valence-electron chi connectivity index (χ1n) is 10.5. The number of anilines is 2. The van der Waals surface area contributed by atoms with E-state index in [0.717, 1.165) is 12.1 Å². The lowest BCUT2D eigenvalue weighted by molar-refractivity contribution is -0.137. The van der Waals surface area contributed by atoms with Crippen LogP contribution in [0.5, 0.6) is 11.5 Å². The van der Waals surface area contributed by atoms with Gasteiger partial charge in [0.25, 0.3) is 5.91 Å². The van der Waals surface area contributed by atoms with Crippen LogP contribution < -0.4 is 20.7 Å². The van der Waals surface area contributed by atoms with E-state index in [1.165, 1.54) is 50.5 Å². The second kappa shape index (κ2) is 11.2. The molecule has 0 bridgehead atoms. The van der Waals surface area contributed by atoms with E-state index in [2.05, 4.69) is 20.9 Å². The second-order valence-electron chi connectivity index (χ2n) is 7.28. The Balaban J connectivity index is 1.67. The molecule has 36 heavy (non-hydrogen) atoms. The maximum absolute atomic E-state index is 13.4. The molecule has 2 aromatic carbocycles. The van der Waals surface area contributed by atoms with Gasteiger partial charge in [0.05, 0.1) is 5.56 Å². The van der Waals surface area contributed by atoms with Gasteiger partial charge in [-0.2, -0.15) is 13.2 Å². The Morgan fingerprint density at radius 2 is 1.58 bits per heavy atom. The molecule has 0 spiro atoms. The Labute approximate surface area is 204 Å². The number of aromatic nitrogens is 1. The van der Waals surface area contributed by atoms with Crippen LogP contribution in [-0.2, 0) is 6.18 Å². The van der Waals surface area contributed by atoms with E-state index in [0.29, 0.717) is 23.3 Å². The van der Waals surface area contributed by atoms with Crippen LogP contribution in [0.15, 0.2) is 72.9 Å². The molecule has 0 aliphatic rings. The standard InChI is InChI=1S/C25H21F3N4O4/c1-3-4-22(33)19-10-7-16(13-20(19)25(26,27)28)32-24(35)31-15-5-8-17(9-6-15)36-18-11-12-30-21(14-18)23(34)29-2/h3-14H,1-2H3,(H,29,34)(H2,31,32,35)/b4-3+. The molecule has 1 heterocycles. The minimum atomic E-state index is -4.79. The maximum Gasteiger partial charge on any atom is 0.417 e. The van der Waals surface area contributed by atoms with Gasteiger partial charge in [-0.05, 0) is 61.5 Å². The molecule has 11 heteroatoms. The van der Waals surface area contributed by atoms with Gasteiger partial charge in [0, 0.05) is 36.2 Å². The van der Waals surface area contributed by atoms with Gasteiger partial charge < -0.3 is 20.7 Å². The van der Waals surface area contributed by atoms with Crippen LogP contribution in [-0.4, -0.2) is 29.8 Å². The molecule has 3 rings (SSSR count). The summed E-state index contributed by atoms with van der Waals surface area (Å²) in [6, 6.07) is 11.3. The third-order valence-corrected chi connectivity index (χ3v) is 4.71. The highest BCUT2D eigenvalue weighted by molar-refractivity contribution is 6.06. The van der Waals surface area contributed by atoms with Gasteiger partial charge in [-0.3, -0.25) is 14.6 Å². The zero-order valence-corrected chi connectivity index (χ0v) is 19.1. The van der Waals surface area contributed by atoms with Crippen molar-refractivity contribution in [1.82, 2.24) is 10.3 Å². The molecular formula is C25H21F3N4O4. The van der Waals surface area contributed by atoms with Crippen molar-refractivity contribution >= 4 is 29.1 Å². The predicted octanol–water partition coefficient (Wildman–Crippen LogP) is 5.66. The van der Waals surface area contributed by atoms with Crippen molar-refractivity contribution < 1.29 is 32.3 Å². The minimum absolute atomic E-state index is 0.138. The maximum atomic E-state index is 13.4. The molecule has 0 saturated carbocycles. The lowest BCUT2D eigenvalue weighted by Gasteiger charge is -2.14. The molecule has 0 aliphatic carbocycles. The van der Waals surface area contributed by atoms with Gasteiger partial charge in [-0.1, -0.05) is 6.08 Å². The summed E-state index contributed by atoms with van der Waals surface area (Å²) in [5.41, 5.74) is -1.28. The molecule has 3 amide bonds. The van der Waals surface area contributed by atoms with Crippen molar-refractivity contribution in [3.63, 3.8) is 0 Å². The number of pyridine rings is 1. The van der Waals surface area contributed by atoms with Gasteiger partial charge in [-0.25, -0.2) is 4.79 Å². The number of ether oxygens (including phenoxy) is 1. The Kier molecular flexibility index (Phi) is 8.05. The molecule has 0 saturated heterocycles. The highest BCUT2D eigenvalue weighted by atomic mass is 19.4. The number of ketones is 1. The predicted molar refractivity (Wildman–Crippen MR) is 127 cm³/mol. The number of amides is 3. The molecule has 3 aromatic rings. The van der Waals surface area contributed by atoms with E-state index < -0.39 is 29.1 Å². The number of nitrogens with zero attached hydrogens (tertiary/aromatic N) is 1. The van der Waals surface area contributed by atoms with Crippen LogP contribution in [0.1, 0.15) is 33.3 Å². The van der Waals surface area contributed by atoms with Gasteiger partial charge in [0.1, 0.15) is 17.2 Å². The van der Waals surface area contributed by atoms with Crippen molar-refractivity contribution in [3.8, 4) is 11.5 Å². The van der Waals surface area contributed by atoms with Crippen molar-refractivity contribution in [2.24, 2.45) is 0 Å². The summed E-state index contributed by atoms with van der Waals surface area (Å²) in [5, 5.41) is 7.29. The van der Waals surface area contributed by atoms with E-state index in [4.69, 9.17) is 4.74 Å². The van der Waals surface area contributed by atoms with Gasteiger partial charge >= 0.3 is 12.2 Å². The number of urea groups is 1. The molecule has 186 valence electrons. The SMILES string of the molecule is C/C=C/C(=O)c1ccc(NC(=O)Nc2ccc(Oc3ccnc(C(=O)NC)c3)cc2)cc1C(F)(F)F. The molecule has 0 atom stereocenters. The van der Waals surface area contributed by atoms with Crippen molar-refractivity contribution in [2.45, 2.75) is 13.1 Å². The van der Waals surface area contributed by atoms with Crippen molar-refractivity contribution in [1.29, 1.82) is 0 Å². The first kappa shape index (κ1) is 25.9. The Bertz CT molecular complexity index is 1310. The topological polar surface area (TPSA) is 109 Å². The Hall–Kier alpha value is -4.67. The Morgan fingerprint density at radius 1 is 0.917 bits per heavy atom. The summed E-state index contributed by atoms with van der Waals surface area (Å²) in [5.74, 6) is -0.378. The number of hydrogen-bond donors (Lipinski definition) is 3. The highest BCUT2D eigenvalue weighted by Crippen LogP contribution is 2.34. The smallest absolute Gasteiger partial charge is 0.417 e. The number of benzene rings is 2. The number of halogens is 3. The highest BCUT2D eigenvalue weighted by Gasteiger charge is 2.35. The summed E-state index contributed by atoms with van der Waals surface area (Å²) in [4.78, 5) is 39.9. The van der Waals surface area contributed by atoms with E-state index in [-0.39, 0.29) is 17.3 Å². The van der Waals surface area contributed by atoms with Crippen molar-refractivity contribution in [2.75, 3.05) is 17.7 Å². The molecule has 8 nitrogen and oxygen atoms in total. The van der Waals surface area contributed by atoms with Crippen LogP contribution in [0.3, 0.4) is 0 Å². The van der Waals surface area contributed by atoms with Crippen LogP contribution in [0.2, 0.25) is 0 Å². The zero-order chi connectivity index (χ0) is 26.3. The molecular weight excluding hydrogens is 477 g/mol. The molecule has 0 aliphatic heterocycles. The average Bonchev–Trinajstić information content (AvgIpc) is 2.84. The number of nitrogens with one attached hydrogen (secondary N) is 3. The summed E-state index contributed by atoms with van der Waals surface area (Å²) < 4.78 is 46.0. The van der Waals surface area contributed by atoms with Gasteiger partial charge in [-0.15, -0.1) is 0 Å². The van der Waals surface area contributed by atoms with Gasteiger partial charge in [0.15, 0.2) is 5.78 Å². The number of carbonyl (C=O) groups is 3. The fraction of sp³-hybridized carbons (Fsp3) is 0.120. The average molecular weight is 498 g/mol. The van der Waals surface area contributed by atoms with E-state index >= 15 is 0 Å². The monoisotopic (exact) mass is 498 g/mol. The second-order valence-corrected chi connectivity index (χ2v) is 7.28. The molecule has 0 unspecified atom stereocenters. The van der Waals surface area contributed by atoms with E-state index in [1.54, 1.807) is 18.2 Å². The fourth-order valence-corrected chi connectivity index (χ4v) is 3.08. The van der Waals surface area contributed by atoms with Crippen LogP contribution >= 0.6 is 0 Å². The first-order valence-corrected chi connectivity index (χ1v) is 10.5. The number of alkyl halides is 3. The third kappa shape index (κ3) is 6.69. The first-order chi connectivity index (χ1) is 17.1. The third-order valence-electron chi connectivity index (χ3n) is 4.71. The lowest BCUT2D eigenvalue weighted by Crippen LogP contribution is -2.20. The summed E-state index contributed by atoms with van der Waals surface area (Å²) in [6.45, 7) is 1.52. The van der Waals surface area contributed by atoms with E-state index in [9.17, 15) is 27.6 Å². The Morgan fingerprint density at radius 3 is 2.22 bits per heavy atom. The van der Waals surface area contributed by atoms with Crippen LogP contribution in [0.25, 0.3) is 0 Å². The van der Waals surface area contributed by atoms with Crippen LogP contribution in [0, 0.1) is 0 Å². The zero-order valence-electron chi connectivity index (χ0n) is 19.1. The summed E-state index contributed by atoms with van der Waals surface area (Å²) >= 11 is 0. The minimum Gasteiger partial charge on any atom is -0.457 e. The lowest BCUT2D eigenvalue weighted by atomic mass is 10.0. The summed E-state index contributed by atoms with van der Waals surface area (Å²) in [7, 11) is 1.48.